The molecule has 0 unspecified atom stereocenters. The first-order valence-corrected chi connectivity index (χ1v) is 6.44. The Bertz CT molecular complexity index is 348. The Morgan fingerprint density at radius 1 is 0.714 bits per heavy atom. The second kappa shape index (κ2) is 17.2. The van der Waals surface area contributed by atoms with E-state index in [0.29, 0.717) is 0 Å². The van der Waals surface area contributed by atoms with Crippen LogP contribution in [0.5, 0.6) is 0 Å². The maximum atomic E-state index is 3.50. The second-order valence-corrected chi connectivity index (χ2v) is 4.34. The summed E-state index contributed by atoms with van der Waals surface area (Å²) >= 11 is 0. The van der Waals surface area contributed by atoms with Gasteiger partial charge in [-0.05, 0) is 13.8 Å². The van der Waals surface area contributed by atoms with Crippen molar-refractivity contribution in [3.05, 3.63) is 57.7 Å². The van der Waals surface area contributed by atoms with Crippen LogP contribution in [0.2, 0.25) is 0 Å². The molecular formula is C16H28N4Ti. The van der Waals surface area contributed by atoms with Crippen LogP contribution >= 0.6 is 0 Å². The number of H-pyrrole nitrogens is 2. The summed E-state index contributed by atoms with van der Waals surface area (Å²) in [5.74, 6) is 0. The van der Waals surface area contributed by atoms with Gasteiger partial charge in [0, 0.05) is 0 Å². The molecule has 0 amide bonds. The zero-order valence-electron chi connectivity index (χ0n) is 14.5. The van der Waals surface area contributed by atoms with Gasteiger partial charge in [0.05, 0.1) is 0 Å². The Kier molecular flexibility index (Phi) is 20.7. The normalized spacial score (nSPS) is 8.00. The molecule has 0 radical (unpaired) electrons. The molecule has 4 nitrogen and oxygen atoms in total. The quantitative estimate of drug-likeness (QED) is 0.541. The Morgan fingerprint density at radius 3 is 1.00 bits per heavy atom. The molecule has 0 saturated carbocycles. The Balaban J connectivity index is -0.000000220. The van der Waals surface area contributed by atoms with Crippen LogP contribution in [-0.2, 0) is 21.7 Å². The fraction of sp³-hybridized carbons (Fsp3) is 0.500. The third kappa shape index (κ3) is 19.2. The molecule has 0 aliphatic heterocycles. The van der Waals surface area contributed by atoms with E-state index in [-0.39, 0.29) is 21.7 Å². The molecule has 0 saturated heterocycles. The van der Waals surface area contributed by atoms with E-state index in [1.165, 1.54) is 11.4 Å². The number of rotatable bonds is 0. The van der Waals surface area contributed by atoms with Gasteiger partial charge in [0.15, 0.2) is 0 Å². The van der Waals surface area contributed by atoms with Crippen LogP contribution in [0.3, 0.4) is 0 Å². The van der Waals surface area contributed by atoms with Crippen molar-refractivity contribution in [2.45, 2.75) is 27.7 Å². The summed E-state index contributed by atoms with van der Waals surface area (Å²) in [7, 11) is 7.00. The van der Waals surface area contributed by atoms with E-state index in [2.05, 4.69) is 32.7 Å². The number of hydrogen-bond donors (Lipinski definition) is 2. The molecule has 2 heterocycles. The van der Waals surface area contributed by atoms with Gasteiger partial charge in [-0.3, -0.25) is 0 Å². The molecule has 0 aliphatic carbocycles. The van der Waals surface area contributed by atoms with E-state index in [4.69, 9.17) is 0 Å². The number of aryl methyl sites for hydroxylation is 4. The average molecular weight is 324 g/mol. The minimum absolute atomic E-state index is 0. The first-order valence-electron chi connectivity index (χ1n) is 6.44. The minimum atomic E-state index is 0. The van der Waals surface area contributed by atoms with Gasteiger partial charge in [0.25, 0.3) is 0 Å². The molecule has 0 bridgehead atoms. The minimum Gasteiger partial charge on any atom is -0.668 e. The Labute approximate surface area is 145 Å². The predicted molar refractivity (Wildman–Crippen MR) is 88.6 cm³/mol. The summed E-state index contributed by atoms with van der Waals surface area (Å²) in [4.78, 5) is 6.17. The van der Waals surface area contributed by atoms with Crippen molar-refractivity contribution in [3.63, 3.8) is 0 Å². The van der Waals surface area contributed by atoms with E-state index >= 15 is 0 Å². The van der Waals surface area contributed by atoms with Crippen LogP contribution in [-0.4, -0.2) is 38.2 Å². The molecule has 0 aromatic carbocycles. The third-order valence-electron chi connectivity index (χ3n) is 1.78. The van der Waals surface area contributed by atoms with Crippen LogP contribution < -0.4 is 0 Å². The van der Waals surface area contributed by atoms with Gasteiger partial charge < -0.3 is 20.6 Å². The molecule has 0 spiro atoms. The summed E-state index contributed by atoms with van der Waals surface area (Å²) in [5, 5.41) is 7.00. The standard InChI is InChI=1S/2C6H8N.2C2H6N.Ti/c2*1-5-3-4-6(2)7-5;2*1-3-2;/h2*3,7H,1-2H3;2*1-2H3;/q4*-1;+4. The van der Waals surface area contributed by atoms with E-state index in [9.17, 15) is 0 Å². The number of hydrogen-bond acceptors (Lipinski definition) is 0. The van der Waals surface area contributed by atoms with Gasteiger partial charge in [-0.25, -0.2) is 24.3 Å². The van der Waals surface area contributed by atoms with Gasteiger partial charge in [-0.15, -0.1) is 11.4 Å². The maximum absolute atomic E-state index is 3.50. The van der Waals surface area contributed by atoms with Crippen molar-refractivity contribution in [2.24, 2.45) is 0 Å². The van der Waals surface area contributed by atoms with Crippen molar-refractivity contribution < 1.29 is 21.7 Å². The predicted octanol–water partition coefficient (Wildman–Crippen LogP) is 4.10. The largest absolute Gasteiger partial charge is 4.00 e. The molecule has 2 aromatic heterocycles. The van der Waals surface area contributed by atoms with E-state index in [0.717, 1.165) is 11.4 Å². The first kappa shape index (κ1) is 25.2. The summed E-state index contributed by atoms with van der Waals surface area (Å²) in [6, 6.07) is 9.91. The van der Waals surface area contributed by atoms with Crippen LogP contribution in [0.25, 0.3) is 10.6 Å². The van der Waals surface area contributed by atoms with Crippen LogP contribution in [0.4, 0.5) is 0 Å². The molecule has 116 valence electrons. The number of nitrogens with one attached hydrogen (secondary N) is 2. The van der Waals surface area contributed by atoms with Crippen molar-refractivity contribution in [1.82, 2.24) is 9.97 Å². The summed E-state index contributed by atoms with van der Waals surface area (Å²) in [6.45, 7) is 8.02. The summed E-state index contributed by atoms with van der Waals surface area (Å²) in [5.41, 5.74) is 4.57. The zero-order chi connectivity index (χ0) is 16.0. The maximum Gasteiger partial charge on any atom is 4.00 e. The van der Waals surface area contributed by atoms with Crippen LogP contribution in [0.15, 0.2) is 12.1 Å². The fourth-order valence-electron chi connectivity index (χ4n) is 1.17. The van der Waals surface area contributed by atoms with Crippen molar-refractivity contribution in [1.29, 1.82) is 0 Å². The van der Waals surface area contributed by atoms with Gasteiger partial charge in [0.2, 0.25) is 0 Å². The number of nitrogens with zero attached hydrogens (tertiary/aromatic N) is 2. The molecule has 5 heteroatoms. The molecule has 21 heavy (non-hydrogen) atoms. The Hall–Kier alpha value is -0.806. The fourth-order valence-corrected chi connectivity index (χ4v) is 1.17. The van der Waals surface area contributed by atoms with E-state index in [1.54, 1.807) is 28.2 Å². The van der Waals surface area contributed by atoms with Gasteiger partial charge >= 0.3 is 21.7 Å². The third-order valence-corrected chi connectivity index (χ3v) is 1.78. The monoisotopic (exact) mass is 324 g/mol. The van der Waals surface area contributed by atoms with Gasteiger partial charge in [-0.2, -0.15) is 28.2 Å². The Morgan fingerprint density at radius 2 is 0.952 bits per heavy atom. The summed E-state index contributed by atoms with van der Waals surface area (Å²) in [6.07, 6.45) is 0. The van der Waals surface area contributed by atoms with E-state index in [1.807, 2.05) is 39.8 Å². The summed E-state index contributed by atoms with van der Waals surface area (Å²) < 4.78 is 0. The van der Waals surface area contributed by atoms with Gasteiger partial charge in [0.1, 0.15) is 0 Å². The topological polar surface area (TPSA) is 59.8 Å². The number of aromatic nitrogens is 2. The molecule has 2 N–H and O–H groups in total. The molecule has 0 aliphatic rings. The molecule has 0 atom stereocenters. The SMILES string of the molecule is C[N-]C.C[N-]C.Cc1[c-]cc(C)[nH]1.Cc1[c-]cc(C)[nH]1.[Ti+4]. The molecular weight excluding hydrogens is 296 g/mol. The first-order chi connectivity index (χ1) is 9.40. The van der Waals surface area contributed by atoms with Crippen molar-refractivity contribution in [3.8, 4) is 0 Å². The van der Waals surface area contributed by atoms with Crippen molar-refractivity contribution in [2.75, 3.05) is 28.2 Å². The second-order valence-electron chi connectivity index (χ2n) is 4.34. The van der Waals surface area contributed by atoms with Gasteiger partial charge in [-0.1, -0.05) is 25.2 Å². The smallest absolute Gasteiger partial charge is 0.668 e. The van der Waals surface area contributed by atoms with Crippen LogP contribution in [0.1, 0.15) is 22.8 Å². The molecule has 2 rings (SSSR count). The van der Waals surface area contributed by atoms with Crippen LogP contribution in [0, 0.1) is 39.8 Å². The van der Waals surface area contributed by atoms with E-state index < -0.39 is 0 Å². The average Bonchev–Trinajstić information content (AvgIpc) is 2.90. The molecule has 0 fully saturated rings. The molecule has 2 aromatic rings. The van der Waals surface area contributed by atoms with Crippen molar-refractivity contribution >= 4 is 0 Å². The zero-order valence-corrected chi connectivity index (χ0v) is 16.1. The number of aromatic amines is 2.